The van der Waals surface area contributed by atoms with Crippen LogP contribution >= 0.6 is 11.8 Å². The molecule has 2 aromatic carbocycles. The van der Waals surface area contributed by atoms with Gasteiger partial charge in [-0.2, -0.15) is 0 Å². The fourth-order valence-electron chi connectivity index (χ4n) is 2.06. The van der Waals surface area contributed by atoms with Gasteiger partial charge in [0.2, 0.25) is 10.0 Å². The quantitative estimate of drug-likeness (QED) is 0.563. The lowest BCUT2D eigenvalue weighted by Crippen LogP contribution is -2.44. The van der Waals surface area contributed by atoms with Crippen LogP contribution in [0, 0.1) is 0 Å². The highest BCUT2D eigenvalue weighted by Crippen LogP contribution is 2.22. The number of hydrazine groups is 1. The van der Waals surface area contributed by atoms with E-state index in [2.05, 4.69) is 10.9 Å². The molecule has 0 aliphatic carbocycles. The van der Waals surface area contributed by atoms with Crippen molar-refractivity contribution in [1.29, 1.82) is 0 Å². The standard InChI is InChI=1S/C18H21N3O4S2/c1-13(26-15-9-5-4-6-10-15)17(22)19-20-18(23)14-8-7-11-16(12-14)27(24,25)21(2)3/h4-13H,1-3H3,(H,19,22)(H,20,23). The van der Waals surface area contributed by atoms with Crippen molar-refractivity contribution in [3.05, 3.63) is 60.2 Å². The Morgan fingerprint density at radius 2 is 1.67 bits per heavy atom. The monoisotopic (exact) mass is 407 g/mol. The van der Waals surface area contributed by atoms with Crippen molar-refractivity contribution in [2.75, 3.05) is 14.1 Å². The summed E-state index contributed by atoms with van der Waals surface area (Å²) in [4.78, 5) is 25.3. The second kappa shape index (κ2) is 9.03. The summed E-state index contributed by atoms with van der Waals surface area (Å²) in [6, 6.07) is 15.0. The summed E-state index contributed by atoms with van der Waals surface area (Å²) in [5.74, 6) is -0.967. The van der Waals surface area contributed by atoms with Gasteiger partial charge in [-0.3, -0.25) is 20.4 Å². The van der Waals surface area contributed by atoms with Crippen LogP contribution in [0.25, 0.3) is 0 Å². The van der Waals surface area contributed by atoms with Crippen molar-refractivity contribution in [2.45, 2.75) is 22.0 Å². The molecule has 2 N–H and O–H groups in total. The minimum atomic E-state index is -3.65. The topological polar surface area (TPSA) is 95.6 Å². The molecule has 9 heteroatoms. The smallest absolute Gasteiger partial charge is 0.269 e. The van der Waals surface area contributed by atoms with Gasteiger partial charge in [0.05, 0.1) is 10.1 Å². The van der Waals surface area contributed by atoms with E-state index in [1.165, 1.54) is 50.1 Å². The number of amides is 2. The zero-order valence-corrected chi connectivity index (χ0v) is 16.8. The zero-order valence-electron chi connectivity index (χ0n) is 15.2. The third kappa shape index (κ3) is 5.56. The third-order valence-electron chi connectivity index (χ3n) is 3.60. The van der Waals surface area contributed by atoms with Gasteiger partial charge >= 0.3 is 0 Å². The van der Waals surface area contributed by atoms with E-state index in [1.54, 1.807) is 6.92 Å². The van der Waals surface area contributed by atoms with Crippen LogP contribution in [0.1, 0.15) is 17.3 Å². The summed E-state index contributed by atoms with van der Waals surface area (Å²) in [5, 5.41) is -0.423. The Hall–Kier alpha value is -2.36. The second-order valence-electron chi connectivity index (χ2n) is 5.83. The van der Waals surface area contributed by atoms with Gasteiger partial charge in [0.15, 0.2) is 0 Å². The van der Waals surface area contributed by atoms with Crippen molar-refractivity contribution < 1.29 is 18.0 Å². The molecule has 7 nitrogen and oxygen atoms in total. The highest BCUT2D eigenvalue weighted by molar-refractivity contribution is 8.00. The van der Waals surface area contributed by atoms with Crippen LogP contribution in [-0.2, 0) is 14.8 Å². The van der Waals surface area contributed by atoms with Crippen LogP contribution in [0.3, 0.4) is 0 Å². The van der Waals surface area contributed by atoms with Crippen molar-refractivity contribution in [2.24, 2.45) is 0 Å². The molecule has 0 aliphatic heterocycles. The second-order valence-corrected chi connectivity index (χ2v) is 9.40. The number of carbonyl (C=O) groups is 2. The highest BCUT2D eigenvalue weighted by Gasteiger charge is 2.19. The molecule has 2 amide bonds. The molecule has 1 atom stereocenters. The maximum Gasteiger partial charge on any atom is 0.269 e. The predicted molar refractivity (Wildman–Crippen MR) is 105 cm³/mol. The molecule has 2 aromatic rings. The number of hydrogen-bond donors (Lipinski definition) is 2. The van der Waals surface area contributed by atoms with Crippen molar-refractivity contribution >= 4 is 33.6 Å². The summed E-state index contributed by atoms with van der Waals surface area (Å²) in [5.41, 5.74) is 4.80. The van der Waals surface area contributed by atoms with Crippen molar-refractivity contribution in [3.63, 3.8) is 0 Å². The van der Waals surface area contributed by atoms with E-state index >= 15 is 0 Å². The molecule has 144 valence electrons. The van der Waals surface area contributed by atoms with Gasteiger partial charge in [0, 0.05) is 24.6 Å². The van der Waals surface area contributed by atoms with Gasteiger partial charge in [-0.1, -0.05) is 24.3 Å². The molecule has 0 heterocycles. The molecule has 0 fully saturated rings. The lowest BCUT2D eigenvalue weighted by Gasteiger charge is -2.14. The minimum absolute atomic E-state index is 0.000484. The summed E-state index contributed by atoms with van der Waals surface area (Å²) in [7, 11) is -0.828. The van der Waals surface area contributed by atoms with Gasteiger partial charge in [-0.25, -0.2) is 12.7 Å². The number of carbonyl (C=O) groups excluding carboxylic acids is 2. The van der Waals surface area contributed by atoms with Gasteiger partial charge in [-0.15, -0.1) is 11.8 Å². The van der Waals surface area contributed by atoms with Gasteiger partial charge < -0.3 is 0 Å². The molecular formula is C18H21N3O4S2. The number of nitrogens with one attached hydrogen (secondary N) is 2. The lowest BCUT2D eigenvalue weighted by atomic mass is 10.2. The van der Waals surface area contributed by atoms with E-state index in [1.807, 2.05) is 30.3 Å². The van der Waals surface area contributed by atoms with E-state index in [-0.39, 0.29) is 16.4 Å². The van der Waals surface area contributed by atoms with E-state index < -0.39 is 21.2 Å². The van der Waals surface area contributed by atoms with Gasteiger partial charge in [-0.05, 0) is 37.3 Å². The molecule has 27 heavy (non-hydrogen) atoms. The molecule has 1 unspecified atom stereocenters. The number of sulfonamides is 1. The largest absolute Gasteiger partial charge is 0.272 e. The Morgan fingerprint density at radius 3 is 2.30 bits per heavy atom. The van der Waals surface area contributed by atoms with Crippen molar-refractivity contribution in [1.82, 2.24) is 15.2 Å². The Kier molecular flexibility index (Phi) is 7.00. The average Bonchev–Trinajstić information content (AvgIpc) is 2.66. The van der Waals surface area contributed by atoms with Crippen LogP contribution < -0.4 is 10.9 Å². The number of rotatable bonds is 6. The zero-order chi connectivity index (χ0) is 20.0. The first-order chi connectivity index (χ1) is 12.7. The van der Waals surface area contributed by atoms with E-state index in [0.717, 1.165) is 9.20 Å². The van der Waals surface area contributed by atoms with Gasteiger partial charge in [0.25, 0.3) is 11.8 Å². The van der Waals surface area contributed by atoms with Crippen LogP contribution in [0.4, 0.5) is 0 Å². The third-order valence-corrected chi connectivity index (χ3v) is 6.52. The number of benzene rings is 2. The lowest BCUT2D eigenvalue weighted by molar-refractivity contribution is -0.121. The Labute approximate surface area is 163 Å². The predicted octanol–water partition coefficient (Wildman–Crippen LogP) is 1.88. The van der Waals surface area contributed by atoms with Crippen LogP contribution in [-0.4, -0.2) is 43.9 Å². The summed E-state index contributed by atoms with van der Waals surface area (Å²) in [6.07, 6.45) is 0. The number of thioether (sulfide) groups is 1. The molecule has 0 aromatic heterocycles. The Bertz CT molecular complexity index is 915. The van der Waals surface area contributed by atoms with Crippen LogP contribution in [0.15, 0.2) is 64.4 Å². The minimum Gasteiger partial charge on any atom is -0.272 e. The van der Waals surface area contributed by atoms with Crippen LogP contribution in [0.2, 0.25) is 0 Å². The van der Waals surface area contributed by atoms with Crippen molar-refractivity contribution in [3.8, 4) is 0 Å². The first kappa shape index (κ1) is 20.9. The normalized spacial score (nSPS) is 12.4. The van der Waals surface area contributed by atoms with E-state index in [0.29, 0.717) is 0 Å². The number of hydrogen-bond acceptors (Lipinski definition) is 5. The molecule has 0 saturated heterocycles. The summed E-state index contributed by atoms with van der Waals surface area (Å²) in [6.45, 7) is 1.73. The summed E-state index contributed by atoms with van der Waals surface area (Å²) >= 11 is 1.36. The fourth-order valence-corrected chi connectivity index (χ4v) is 3.89. The van der Waals surface area contributed by atoms with Crippen LogP contribution in [0.5, 0.6) is 0 Å². The molecule has 0 saturated carbocycles. The molecule has 0 bridgehead atoms. The first-order valence-corrected chi connectivity index (χ1v) is 10.4. The maximum atomic E-state index is 12.2. The molecule has 0 radical (unpaired) electrons. The SMILES string of the molecule is CC(Sc1ccccc1)C(=O)NNC(=O)c1cccc(S(=O)(=O)N(C)C)c1. The first-order valence-electron chi connectivity index (χ1n) is 8.06. The highest BCUT2D eigenvalue weighted by atomic mass is 32.2. The Balaban J connectivity index is 1.98. The number of nitrogens with zero attached hydrogens (tertiary/aromatic N) is 1. The summed E-state index contributed by atoms with van der Waals surface area (Å²) < 4.78 is 25.4. The fraction of sp³-hybridized carbons (Fsp3) is 0.222. The molecule has 2 rings (SSSR count). The average molecular weight is 408 g/mol. The molecular weight excluding hydrogens is 386 g/mol. The molecule has 0 spiro atoms. The molecule has 0 aliphatic rings. The Morgan fingerprint density at radius 1 is 1.00 bits per heavy atom. The maximum absolute atomic E-state index is 12.2. The van der Waals surface area contributed by atoms with E-state index in [4.69, 9.17) is 0 Å². The van der Waals surface area contributed by atoms with E-state index in [9.17, 15) is 18.0 Å². The van der Waals surface area contributed by atoms with Gasteiger partial charge in [0.1, 0.15) is 0 Å².